The van der Waals surface area contributed by atoms with Crippen molar-refractivity contribution < 1.29 is 0 Å². The molecule has 0 bridgehead atoms. The SMILES string of the molecule is Cc1cccc([AsH2])c1. The van der Waals surface area contributed by atoms with Crippen LogP contribution in [0.2, 0.25) is 0 Å². The molecule has 0 N–H and O–H groups in total. The number of benzene rings is 1. The predicted octanol–water partition coefficient (Wildman–Crippen LogP) is 0.253. The molecule has 1 aromatic carbocycles. The molecule has 0 saturated heterocycles. The first-order valence-electron chi connectivity index (χ1n) is 2.61. The van der Waals surface area contributed by atoms with Crippen LogP contribution < -0.4 is 4.35 Å². The van der Waals surface area contributed by atoms with E-state index in [1.54, 1.807) is 16.9 Å². The number of aryl methyl sites for hydroxylation is 1. The standard InChI is InChI=1S/C7H9As/c1-6-3-2-4-7(8)5-6/h2-5H,8H2,1H3. The minimum atomic E-state index is 1.35. The molecule has 0 radical (unpaired) electrons. The van der Waals surface area contributed by atoms with Gasteiger partial charge in [-0.25, -0.2) is 0 Å². The first kappa shape index (κ1) is 5.91. The van der Waals surface area contributed by atoms with Crippen molar-refractivity contribution in [1.29, 1.82) is 0 Å². The van der Waals surface area contributed by atoms with Crippen molar-refractivity contribution in [3.63, 3.8) is 0 Å². The van der Waals surface area contributed by atoms with Gasteiger partial charge in [-0.15, -0.1) is 0 Å². The molecule has 0 aromatic heterocycles. The molecule has 8 heavy (non-hydrogen) atoms. The van der Waals surface area contributed by atoms with Crippen molar-refractivity contribution in [2.75, 3.05) is 0 Å². The summed E-state index contributed by atoms with van der Waals surface area (Å²) in [4.78, 5) is 0. The summed E-state index contributed by atoms with van der Waals surface area (Å²) in [6.45, 7) is 2.11. The van der Waals surface area contributed by atoms with Crippen molar-refractivity contribution in [2.45, 2.75) is 6.92 Å². The molecular formula is C7H9As. The van der Waals surface area contributed by atoms with Gasteiger partial charge in [-0.3, -0.25) is 0 Å². The zero-order valence-corrected chi connectivity index (χ0v) is 7.31. The average molecular weight is 168 g/mol. The Labute approximate surface area is 58.4 Å². The van der Waals surface area contributed by atoms with E-state index in [-0.39, 0.29) is 0 Å². The van der Waals surface area contributed by atoms with Crippen molar-refractivity contribution >= 4 is 21.2 Å². The fraction of sp³-hybridized carbons (Fsp3) is 0.143. The van der Waals surface area contributed by atoms with Gasteiger partial charge in [0.1, 0.15) is 0 Å². The predicted molar refractivity (Wildman–Crippen MR) is 39.4 cm³/mol. The van der Waals surface area contributed by atoms with Crippen LogP contribution in [-0.4, -0.2) is 16.9 Å². The number of hydrogen-bond acceptors (Lipinski definition) is 0. The number of rotatable bonds is 0. The first-order chi connectivity index (χ1) is 3.79. The summed E-state index contributed by atoms with van der Waals surface area (Å²) in [5, 5.41) is 0. The van der Waals surface area contributed by atoms with Crippen molar-refractivity contribution in [1.82, 2.24) is 0 Å². The van der Waals surface area contributed by atoms with E-state index in [2.05, 4.69) is 31.2 Å². The molecule has 0 aliphatic rings. The second-order valence-corrected chi connectivity index (χ2v) is 3.31. The molecule has 0 heterocycles. The summed E-state index contributed by atoms with van der Waals surface area (Å²) in [5.41, 5.74) is 1.35. The van der Waals surface area contributed by atoms with Gasteiger partial charge in [0.25, 0.3) is 0 Å². The summed E-state index contributed by atoms with van der Waals surface area (Å²) in [6, 6.07) is 8.53. The van der Waals surface area contributed by atoms with Gasteiger partial charge < -0.3 is 0 Å². The molecule has 0 fully saturated rings. The summed E-state index contributed by atoms with van der Waals surface area (Å²) >= 11 is 1.68. The van der Waals surface area contributed by atoms with Crippen LogP contribution >= 0.6 is 0 Å². The molecule has 0 nitrogen and oxygen atoms in total. The van der Waals surface area contributed by atoms with E-state index in [0.29, 0.717) is 0 Å². The third-order valence-corrected chi connectivity index (χ3v) is 1.80. The zero-order valence-electron chi connectivity index (χ0n) is 4.89. The second-order valence-electron chi connectivity index (χ2n) is 1.91. The second kappa shape index (κ2) is 2.37. The van der Waals surface area contributed by atoms with Gasteiger partial charge in [0.05, 0.1) is 0 Å². The summed E-state index contributed by atoms with van der Waals surface area (Å²) in [7, 11) is 0. The quantitative estimate of drug-likeness (QED) is 0.487. The fourth-order valence-electron chi connectivity index (χ4n) is 0.670. The van der Waals surface area contributed by atoms with Gasteiger partial charge in [-0.05, 0) is 0 Å². The Hall–Kier alpha value is -0.222. The van der Waals surface area contributed by atoms with Crippen LogP contribution in [0.3, 0.4) is 0 Å². The van der Waals surface area contributed by atoms with Crippen LogP contribution in [0.4, 0.5) is 0 Å². The van der Waals surface area contributed by atoms with E-state index >= 15 is 0 Å². The van der Waals surface area contributed by atoms with E-state index < -0.39 is 0 Å². The molecule has 0 aliphatic carbocycles. The molecule has 0 spiro atoms. The Morgan fingerprint density at radius 3 is 2.50 bits per heavy atom. The Kier molecular flexibility index (Phi) is 1.75. The molecule has 42 valence electrons. The van der Waals surface area contributed by atoms with Crippen molar-refractivity contribution in [3.05, 3.63) is 29.8 Å². The minimum absolute atomic E-state index is 1.35. The molecule has 0 saturated carbocycles. The molecular weight excluding hydrogens is 159 g/mol. The van der Waals surface area contributed by atoms with Gasteiger partial charge in [-0.1, -0.05) is 0 Å². The van der Waals surface area contributed by atoms with E-state index in [4.69, 9.17) is 0 Å². The van der Waals surface area contributed by atoms with Gasteiger partial charge in [0.15, 0.2) is 0 Å². The summed E-state index contributed by atoms with van der Waals surface area (Å²) in [5.74, 6) is 0. The maximum atomic E-state index is 2.19. The van der Waals surface area contributed by atoms with Gasteiger partial charge in [-0.2, -0.15) is 0 Å². The van der Waals surface area contributed by atoms with E-state index in [1.807, 2.05) is 0 Å². The normalized spacial score (nSPS) is 9.25. The van der Waals surface area contributed by atoms with Gasteiger partial charge >= 0.3 is 58.0 Å². The van der Waals surface area contributed by atoms with Crippen molar-refractivity contribution in [2.24, 2.45) is 0 Å². The Balaban J connectivity index is 3.08. The summed E-state index contributed by atoms with van der Waals surface area (Å²) in [6.07, 6.45) is 0. The van der Waals surface area contributed by atoms with E-state index in [0.717, 1.165) is 0 Å². The van der Waals surface area contributed by atoms with Crippen LogP contribution in [0.5, 0.6) is 0 Å². The molecule has 1 rings (SSSR count). The molecule has 1 unspecified atom stereocenters. The molecule has 1 heteroatoms. The average Bonchev–Trinajstić information content (AvgIpc) is 1.64. The zero-order chi connectivity index (χ0) is 5.98. The van der Waals surface area contributed by atoms with Crippen LogP contribution in [0.1, 0.15) is 5.56 Å². The Morgan fingerprint density at radius 1 is 1.38 bits per heavy atom. The molecule has 1 atom stereocenters. The fourth-order valence-corrected chi connectivity index (χ4v) is 1.45. The van der Waals surface area contributed by atoms with Crippen LogP contribution in [0.25, 0.3) is 0 Å². The van der Waals surface area contributed by atoms with Gasteiger partial charge in [0, 0.05) is 0 Å². The van der Waals surface area contributed by atoms with E-state index in [1.165, 1.54) is 9.91 Å². The van der Waals surface area contributed by atoms with Crippen molar-refractivity contribution in [3.8, 4) is 0 Å². The Bertz CT molecular complexity index is 164. The number of hydrogen-bond donors (Lipinski definition) is 0. The topological polar surface area (TPSA) is 0 Å². The van der Waals surface area contributed by atoms with Crippen LogP contribution in [-0.2, 0) is 0 Å². The van der Waals surface area contributed by atoms with Gasteiger partial charge in [0.2, 0.25) is 0 Å². The third kappa shape index (κ3) is 1.38. The summed E-state index contributed by atoms with van der Waals surface area (Å²) < 4.78 is 1.40. The molecule has 0 amide bonds. The Morgan fingerprint density at radius 2 is 2.12 bits per heavy atom. The molecule has 0 aliphatic heterocycles. The van der Waals surface area contributed by atoms with Crippen LogP contribution in [0.15, 0.2) is 24.3 Å². The molecule has 1 aromatic rings. The van der Waals surface area contributed by atoms with E-state index in [9.17, 15) is 0 Å². The van der Waals surface area contributed by atoms with Crippen LogP contribution in [0, 0.1) is 6.92 Å². The first-order valence-corrected chi connectivity index (χ1v) is 3.82. The monoisotopic (exact) mass is 168 g/mol. The maximum absolute atomic E-state index is 2.19. The third-order valence-electron chi connectivity index (χ3n) is 1.04.